The molecular formula is C11H10F3N3O2. The molecule has 2 N–H and O–H groups in total. The Morgan fingerprint density at radius 2 is 1.84 bits per heavy atom. The lowest BCUT2D eigenvalue weighted by molar-refractivity contribution is -0.138. The van der Waals surface area contributed by atoms with E-state index in [0.717, 1.165) is 12.3 Å². The summed E-state index contributed by atoms with van der Waals surface area (Å²) < 4.78 is 37.8. The second-order valence-corrected chi connectivity index (χ2v) is 3.36. The maximum atomic E-state index is 12.6. The number of likely N-dealkylation sites (N-methyl/N-ethyl adjacent to an activating group) is 1. The van der Waals surface area contributed by atoms with E-state index < -0.39 is 23.6 Å². The van der Waals surface area contributed by atoms with Crippen LogP contribution in [0.25, 0.3) is 0 Å². The van der Waals surface area contributed by atoms with Crippen LogP contribution in [0.2, 0.25) is 0 Å². The fraction of sp³-hybridized carbons (Fsp3) is 0.182. The van der Waals surface area contributed by atoms with Gasteiger partial charge in [0.15, 0.2) is 0 Å². The van der Waals surface area contributed by atoms with Gasteiger partial charge in [0.1, 0.15) is 0 Å². The summed E-state index contributed by atoms with van der Waals surface area (Å²) in [7, 11) is 1.24. The van der Waals surface area contributed by atoms with Crippen molar-refractivity contribution in [2.45, 2.75) is 6.18 Å². The maximum Gasteiger partial charge on any atom is 0.417 e. The number of alkyl halides is 3. The molecule has 0 spiro atoms. The fourth-order valence-corrected chi connectivity index (χ4v) is 1.19. The molecule has 1 rings (SSSR count). The van der Waals surface area contributed by atoms with E-state index >= 15 is 0 Å². The first kappa shape index (κ1) is 14.7. The van der Waals surface area contributed by atoms with Crippen LogP contribution in [0.5, 0.6) is 0 Å². The standard InChI is InChI=1S/C11H10F3N3O2/c1-15-9(18)10(19)17-16-6-7-4-2-3-5-8(7)11(12,13)14/h2-6H,1H3,(H,15,18)(H,17,19)/b16-6-. The number of nitrogens with zero attached hydrogens (tertiary/aromatic N) is 1. The summed E-state index contributed by atoms with van der Waals surface area (Å²) in [6.45, 7) is 0. The highest BCUT2D eigenvalue weighted by Gasteiger charge is 2.32. The predicted molar refractivity (Wildman–Crippen MR) is 61.2 cm³/mol. The van der Waals surface area contributed by atoms with Crippen molar-refractivity contribution < 1.29 is 22.8 Å². The van der Waals surface area contributed by atoms with Crippen molar-refractivity contribution in [2.75, 3.05) is 7.05 Å². The van der Waals surface area contributed by atoms with Crippen molar-refractivity contribution >= 4 is 18.0 Å². The third kappa shape index (κ3) is 4.09. The van der Waals surface area contributed by atoms with Crippen molar-refractivity contribution in [1.82, 2.24) is 10.7 Å². The first-order valence-electron chi connectivity index (χ1n) is 5.07. The van der Waals surface area contributed by atoms with Gasteiger partial charge in [-0.1, -0.05) is 18.2 Å². The summed E-state index contributed by atoms with van der Waals surface area (Å²) in [6.07, 6.45) is -3.70. The quantitative estimate of drug-likeness (QED) is 0.477. The van der Waals surface area contributed by atoms with Crippen LogP contribution in [0.15, 0.2) is 29.4 Å². The number of hydrogen-bond donors (Lipinski definition) is 2. The zero-order chi connectivity index (χ0) is 14.5. The molecule has 0 saturated heterocycles. The number of carbonyl (C=O) groups is 2. The first-order chi connectivity index (χ1) is 8.86. The summed E-state index contributed by atoms with van der Waals surface area (Å²) in [6, 6.07) is 4.72. The van der Waals surface area contributed by atoms with Gasteiger partial charge < -0.3 is 5.32 Å². The number of amides is 2. The Balaban J connectivity index is 2.83. The monoisotopic (exact) mass is 273 g/mol. The zero-order valence-electron chi connectivity index (χ0n) is 9.78. The van der Waals surface area contributed by atoms with Crippen LogP contribution in [0.3, 0.4) is 0 Å². The fourth-order valence-electron chi connectivity index (χ4n) is 1.19. The van der Waals surface area contributed by atoms with Gasteiger partial charge in [0.05, 0.1) is 11.8 Å². The van der Waals surface area contributed by atoms with Crippen molar-refractivity contribution in [3.63, 3.8) is 0 Å². The molecule has 8 heteroatoms. The van der Waals surface area contributed by atoms with E-state index in [9.17, 15) is 22.8 Å². The minimum Gasteiger partial charge on any atom is -0.351 e. The minimum absolute atomic E-state index is 0.216. The lowest BCUT2D eigenvalue weighted by atomic mass is 10.1. The summed E-state index contributed by atoms with van der Waals surface area (Å²) >= 11 is 0. The van der Waals surface area contributed by atoms with Crippen LogP contribution in [-0.2, 0) is 15.8 Å². The molecule has 0 radical (unpaired) electrons. The third-order valence-electron chi connectivity index (χ3n) is 2.07. The zero-order valence-corrected chi connectivity index (χ0v) is 9.78. The van der Waals surface area contributed by atoms with Gasteiger partial charge >= 0.3 is 18.0 Å². The molecule has 0 aromatic heterocycles. The van der Waals surface area contributed by atoms with Gasteiger partial charge in [0.2, 0.25) is 0 Å². The SMILES string of the molecule is CNC(=O)C(=O)N/N=C\c1ccccc1C(F)(F)F. The predicted octanol–water partition coefficient (Wildman–Crippen LogP) is 0.902. The number of rotatable bonds is 2. The topological polar surface area (TPSA) is 70.6 Å². The van der Waals surface area contributed by atoms with E-state index in [4.69, 9.17) is 0 Å². The largest absolute Gasteiger partial charge is 0.417 e. The number of halogens is 3. The summed E-state index contributed by atoms with van der Waals surface area (Å²) in [5.41, 5.74) is 0.715. The van der Waals surface area contributed by atoms with E-state index in [2.05, 4.69) is 5.10 Å². The number of hydrogen-bond acceptors (Lipinski definition) is 3. The molecule has 0 aliphatic heterocycles. The van der Waals surface area contributed by atoms with Crippen molar-refractivity contribution in [3.05, 3.63) is 35.4 Å². The Bertz CT molecular complexity index is 512. The van der Waals surface area contributed by atoms with E-state index in [-0.39, 0.29) is 5.56 Å². The van der Waals surface area contributed by atoms with Gasteiger partial charge in [0, 0.05) is 12.6 Å². The minimum atomic E-state index is -4.52. The van der Waals surface area contributed by atoms with Gasteiger partial charge in [-0.2, -0.15) is 18.3 Å². The van der Waals surface area contributed by atoms with Crippen LogP contribution in [0, 0.1) is 0 Å². The Morgan fingerprint density at radius 3 is 2.42 bits per heavy atom. The summed E-state index contributed by atoms with van der Waals surface area (Å²) in [5.74, 6) is -2.01. The molecule has 0 saturated carbocycles. The van der Waals surface area contributed by atoms with E-state index in [1.54, 1.807) is 0 Å². The normalized spacial score (nSPS) is 11.4. The average Bonchev–Trinajstić information content (AvgIpc) is 2.37. The Hall–Kier alpha value is -2.38. The number of carbonyl (C=O) groups excluding carboxylic acids is 2. The number of benzene rings is 1. The van der Waals surface area contributed by atoms with Gasteiger partial charge in [0.25, 0.3) is 0 Å². The van der Waals surface area contributed by atoms with Gasteiger partial charge in [-0.3, -0.25) is 9.59 Å². The van der Waals surface area contributed by atoms with Gasteiger partial charge in [-0.15, -0.1) is 0 Å². The van der Waals surface area contributed by atoms with Crippen LogP contribution in [-0.4, -0.2) is 25.1 Å². The molecule has 0 aliphatic carbocycles. The molecule has 102 valence electrons. The average molecular weight is 273 g/mol. The van der Waals surface area contributed by atoms with Crippen LogP contribution in [0.1, 0.15) is 11.1 Å². The Morgan fingerprint density at radius 1 is 1.21 bits per heavy atom. The van der Waals surface area contributed by atoms with E-state index in [1.807, 2.05) is 10.7 Å². The highest BCUT2D eigenvalue weighted by atomic mass is 19.4. The summed E-state index contributed by atoms with van der Waals surface area (Å²) in [5, 5.41) is 5.34. The third-order valence-corrected chi connectivity index (χ3v) is 2.07. The van der Waals surface area contributed by atoms with Crippen molar-refractivity contribution in [2.24, 2.45) is 5.10 Å². The lowest BCUT2D eigenvalue weighted by Gasteiger charge is -2.09. The number of nitrogens with one attached hydrogen (secondary N) is 2. The molecule has 0 bridgehead atoms. The van der Waals surface area contributed by atoms with Crippen LogP contribution in [0.4, 0.5) is 13.2 Å². The Labute approximate surface area is 106 Å². The molecule has 19 heavy (non-hydrogen) atoms. The van der Waals surface area contributed by atoms with E-state index in [1.165, 1.54) is 25.2 Å². The van der Waals surface area contributed by atoms with E-state index in [0.29, 0.717) is 0 Å². The molecule has 0 unspecified atom stereocenters. The molecule has 0 atom stereocenters. The summed E-state index contributed by atoms with van der Waals surface area (Å²) in [4.78, 5) is 21.8. The molecule has 0 aliphatic rings. The number of hydrazone groups is 1. The highest BCUT2D eigenvalue weighted by molar-refractivity contribution is 6.34. The van der Waals surface area contributed by atoms with Gasteiger partial charge in [-0.25, -0.2) is 5.43 Å². The molecular weight excluding hydrogens is 263 g/mol. The molecule has 0 fully saturated rings. The maximum absolute atomic E-state index is 12.6. The first-order valence-corrected chi connectivity index (χ1v) is 5.07. The molecule has 5 nitrogen and oxygen atoms in total. The Kier molecular flexibility index (Phi) is 4.62. The highest BCUT2D eigenvalue weighted by Crippen LogP contribution is 2.30. The second-order valence-electron chi connectivity index (χ2n) is 3.36. The van der Waals surface area contributed by atoms with Crippen molar-refractivity contribution in [1.29, 1.82) is 0 Å². The van der Waals surface area contributed by atoms with Crippen LogP contribution >= 0.6 is 0 Å². The smallest absolute Gasteiger partial charge is 0.351 e. The molecule has 0 heterocycles. The van der Waals surface area contributed by atoms with Gasteiger partial charge in [-0.05, 0) is 6.07 Å². The van der Waals surface area contributed by atoms with Crippen molar-refractivity contribution in [3.8, 4) is 0 Å². The molecule has 2 amide bonds. The molecule has 1 aromatic rings. The second kappa shape index (κ2) is 5.98. The molecule has 1 aromatic carbocycles. The lowest BCUT2D eigenvalue weighted by Crippen LogP contribution is -2.35. The van der Waals surface area contributed by atoms with Crippen LogP contribution < -0.4 is 10.7 Å².